The topological polar surface area (TPSA) is 110 Å². The van der Waals surface area contributed by atoms with Gasteiger partial charge in [0.2, 0.25) is 0 Å². The largest absolute Gasteiger partial charge is 0.496 e. The van der Waals surface area contributed by atoms with E-state index in [1.54, 1.807) is 12.1 Å². The molecule has 3 aromatic carbocycles. The van der Waals surface area contributed by atoms with Gasteiger partial charge >= 0.3 is 5.97 Å². The van der Waals surface area contributed by atoms with Crippen molar-refractivity contribution in [2.45, 2.75) is 82.7 Å². The van der Waals surface area contributed by atoms with Crippen LogP contribution in [-0.4, -0.2) is 60.2 Å². The lowest BCUT2D eigenvalue weighted by Gasteiger charge is -2.41. The van der Waals surface area contributed by atoms with Crippen LogP contribution in [0.1, 0.15) is 91.3 Å². The highest BCUT2D eigenvalue weighted by molar-refractivity contribution is 6.04. The number of carboxylic acid groups (broad SMARTS) is 1. The first kappa shape index (κ1) is 34.4. The highest BCUT2D eigenvalue weighted by Crippen LogP contribution is 2.48. The van der Waals surface area contributed by atoms with Crippen LogP contribution in [0.2, 0.25) is 0 Å². The van der Waals surface area contributed by atoms with E-state index in [0.717, 1.165) is 60.9 Å². The number of aliphatic carboxylic acids is 1. The molecule has 0 atom stereocenters. The molecule has 0 bridgehead atoms. The number of anilines is 1. The second-order valence-corrected chi connectivity index (χ2v) is 14.3. The molecular formula is C42H47N3O6. The third kappa shape index (κ3) is 6.62. The van der Waals surface area contributed by atoms with Crippen molar-refractivity contribution < 1.29 is 29.0 Å². The van der Waals surface area contributed by atoms with Gasteiger partial charge in [-0.3, -0.25) is 9.59 Å². The van der Waals surface area contributed by atoms with Crippen LogP contribution < -0.4 is 19.7 Å². The molecule has 9 heteroatoms. The maximum atomic E-state index is 14.1. The van der Waals surface area contributed by atoms with Gasteiger partial charge in [-0.05, 0) is 98.5 Å². The number of ketones is 1. The van der Waals surface area contributed by atoms with Crippen LogP contribution in [-0.2, 0) is 22.6 Å². The molecule has 2 heterocycles. The summed E-state index contributed by atoms with van der Waals surface area (Å²) in [5.74, 6) is 0.478. The van der Waals surface area contributed by atoms with E-state index < -0.39 is 11.5 Å². The summed E-state index contributed by atoms with van der Waals surface area (Å²) < 4.78 is 13.7. The fourth-order valence-corrected chi connectivity index (χ4v) is 8.33. The predicted octanol–water partition coefficient (Wildman–Crippen LogP) is 7.78. The van der Waals surface area contributed by atoms with Gasteiger partial charge in [0.25, 0.3) is 5.91 Å². The van der Waals surface area contributed by atoms with Crippen molar-refractivity contribution in [2.24, 2.45) is 0 Å². The van der Waals surface area contributed by atoms with E-state index in [9.17, 15) is 14.4 Å². The molecule has 1 aliphatic heterocycles. The fraction of sp³-hybridized carbons (Fsp3) is 0.405. The molecule has 9 nitrogen and oxygen atoms in total. The molecule has 4 aromatic rings. The Morgan fingerprint density at radius 1 is 0.980 bits per heavy atom. The van der Waals surface area contributed by atoms with E-state index in [2.05, 4.69) is 46.1 Å². The molecular weight excluding hydrogens is 642 g/mol. The Morgan fingerprint density at radius 2 is 1.78 bits per heavy atom. The molecule has 0 unspecified atom stereocenters. The summed E-state index contributed by atoms with van der Waals surface area (Å²) in [5, 5.41) is 13.5. The number of fused-ring (bicyclic) bond motifs is 5. The molecule has 2 saturated carbocycles. The number of hydrogen-bond donors (Lipinski definition) is 2. The zero-order valence-corrected chi connectivity index (χ0v) is 29.8. The van der Waals surface area contributed by atoms with Gasteiger partial charge in [0, 0.05) is 72.0 Å². The standard InChI is InChI=1S/C42H47N3O6/c1-4-51-31-14-16-33-34(26-31)44(2)21-22-45-35-25-30(12-15-32(35)39(40(33)45)28-9-6-5-7-10-28)41(49)43-42(19-8-20-42)37(46)24-27-11-17-36(50-3)29(23-27)13-18-38(47)48/h11-18,23,25-26,28H,4-10,19-22,24H2,1-3H3,(H,43,49)(H,47,48)/b18-13+. The average Bonchev–Trinajstić information content (AvgIpc) is 3.37. The number of amides is 1. The first-order chi connectivity index (χ1) is 24.7. The van der Waals surface area contributed by atoms with Crippen molar-refractivity contribution in [1.29, 1.82) is 0 Å². The number of nitrogens with one attached hydrogen (secondary N) is 1. The third-order valence-electron chi connectivity index (χ3n) is 11.1. The highest BCUT2D eigenvalue weighted by atomic mass is 16.5. The van der Waals surface area contributed by atoms with Crippen LogP contribution in [0.4, 0.5) is 5.69 Å². The Balaban J connectivity index is 1.21. The van der Waals surface area contributed by atoms with E-state index >= 15 is 0 Å². The zero-order valence-electron chi connectivity index (χ0n) is 29.8. The third-order valence-corrected chi connectivity index (χ3v) is 11.1. The maximum absolute atomic E-state index is 14.1. The maximum Gasteiger partial charge on any atom is 0.328 e. The number of aromatic nitrogens is 1. The monoisotopic (exact) mass is 689 g/mol. The number of nitrogens with zero attached hydrogens (tertiary/aromatic N) is 2. The lowest BCUT2D eigenvalue weighted by Crippen LogP contribution is -2.59. The number of benzene rings is 3. The Morgan fingerprint density at radius 3 is 2.49 bits per heavy atom. The van der Waals surface area contributed by atoms with Crippen LogP contribution in [0.5, 0.6) is 11.5 Å². The molecule has 266 valence electrons. The minimum atomic E-state index is -1.07. The number of carbonyl (C=O) groups excluding carboxylic acids is 2. The molecule has 7 rings (SSSR count). The molecule has 1 aromatic heterocycles. The van der Waals surface area contributed by atoms with E-state index in [-0.39, 0.29) is 18.1 Å². The van der Waals surface area contributed by atoms with Crippen molar-refractivity contribution in [3.05, 3.63) is 82.9 Å². The quantitative estimate of drug-likeness (QED) is 0.155. The first-order valence-electron chi connectivity index (χ1n) is 18.3. The summed E-state index contributed by atoms with van der Waals surface area (Å²) in [6, 6.07) is 17.8. The SMILES string of the molecule is CCOc1ccc2c(c1)N(C)CCn1c-2c(C2CCCCC2)c2ccc(C(=O)NC3(C(=O)Cc4ccc(OC)c(/C=C/C(=O)O)c4)CCC3)cc21. The van der Waals surface area contributed by atoms with Crippen LogP contribution in [0.3, 0.4) is 0 Å². The molecule has 2 aliphatic carbocycles. The Labute approximate surface area is 299 Å². The normalized spacial score (nSPS) is 17.0. The van der Waals surface area contributed by atoms with Gasteiger partial charge in [-0.15, -0.1) is 0 Å². The molecule has 3 aliphatic rings. The molecule has 2 fully saturated rings. The van der Waals surface area contributed by atoms with Gasteiger partial charge < -0.3 is 29.4 Å². The molecule has 2 N–H and O–H groups in total. The average molecular weight is 690 g/mol. The van der Waals surface area contributed by atoms with E-state index in [0.29, 0.717) is 42.2 Å². The summed E-state index contributed by atoms with van der Waals surface area (Å²) in [4.78, 5) is 41.4. The lowest BCUT2D eigenvalue weighted by molar-refractivity contribution is -0.131. The minimum Gasteiger partial charge on any atom is -0.496 e. The lowest BCUT2D eigenvalue weighted by atomic mass is 9.72. The predicted molar refractivity (Wildman–Crippen MR) is 200 cm³/mol. The van der Waals surface area contributed by atoms with E-state index in [4.69, 9.17) is 14.6 Å². The van der Waals surface area contributed by atoms with Crippen LogP contribution in [0.25, 0.3) is 28.2 Å². The number of rotatable bonds is 11. The van der Waals surface area contributed by atoms with Gasteiger partial charge in [-0.2, -0.15) is 0 Å². The Hall–Kier alpha value is -5.05. The molecule has 0 spiro atoms. The van der Waals surface area contributed by atoms with Crippen LogP contribution >= 0.6 is 0 Å². The molecule has 1 amide bonds. The number of carbonyl (C=O) groups is 3. The number of carboxylic acids is 1. The summed E-state index contributed by atoms with van der Waals surface area (Å²) in [5.41, 5.74) is 6.97. The second-order valence-electron chi connectivity index (χ2n) is 14.3. The van der Waals surface area contributed by atoms with Gasteiger partial charge in [-0.25, -0.2) is 4.79 Å². The summed E-state index contributed by atoms with van der Waals surface area (Å²) >= 11 is 0. The van der Waals surface area contributed by atoms with Crippen molar-refractivity contribution in [3.63, 3.8) is 0 Å². The number of Topliss-reactive ketones (excluding diaryl/α,β-unsaturated/α-hetero) is 1. The number of ether oxygens (including phenoxy) is 2. The van der Waals surface area contributed by atoms with Crippen molar-refractivity contribution in [1.82, 2.24) is 9.88 Å². The summed E-state index contributed by atoms with van der Waals surface area (Å²) in [6.45, 7) is 4.22. The fourth-order valence-electron chi connectivity index (χ4n) is 8.33. The van der Waals surface area contributed by atoms with E-state index in [1.807, 2.05) is 25.1 Å². The molecule has 0 saturated heterocycles. The smallest absolute Gasteiger partial charge is 0.328 e. The van der Waals surface area contributed by atoms with Gasteiger partial charge in [0.05, 0.1) is 24.9 Å². The van der Waals surface area contributed by atoms with Gasteiger partial charge in [0.1, 0.15) is 11.5 Å². The zero-order chi connectivity index (χ0) is 35.7. The van der Waals surface area contributed by atoms with Crippen LogP contribution in [0.15, 0.2) is 60.7 Å². The summed E-state index contributed by atoms with van der Waals surface area (Å²) in [6.07, 6.45) is 10.7. The summed E-state index contributed by atoms with van der Waals surface area (Å²) in [7, 11) is 3.66. The Bertz CT molecular complexity index is 2020. The van der Waals surface area contributed by atoms with Gasteiger partial charge in [-0.1, -0.05) is 31.4 Å². The first-order valence-corrected chi connectivity index (χ1v) is 18.3. The minimum absolute atomic E-state index is 0.0521. The second kappa shape index (κ2) is 14.3. The number of likely N-dealkylation sites (N-methyl/N-ethyl adjacent to an activating group) is 1. The van der Waals surface area contributed by atoms with E-state index in [1.165, 1.54) is 54.7 Å². The number of methoxy groups -OCH3 is 1. The number of hydrogen-bond acceptors (Lipinski definition) is 6. The Kier molecular flexibility index (Phi) is 9.64. The molecule has 0 radical (unpaired) electrons. The van der Waals surface area contributed by atoms with Gasteiger partial charge in [0.15, 0.2) is 5.78 Å². The van der Waals surface area contributed by atoms with Crippen molar-refractivity contribution in [3.8, 4) is 22.8 Å². The highest BCUT2D eigenvalue weighted by Gasteiger charge is 2.45. The van der Waals surface area contributed by atoms with Crippen molar-refractivity contribution >= 4 is 40.3 Å². The van der Waals surface area contributed by atoms with Crippen LogP contribution in [0, 0.1) is 0 Å². The van der Waals surface area contributed by atoms with Crippen molar-refractivity contribution in [2.75, 3.05) is 32.2 Å². The molecule has 51 heavy (non-hydrogen) atoms.